The van der Waals surface area contributed by atoms with Crippen LogP contribution in [0.2, 0.25) is 0 Å². The maximum absolute atomic E-state index is 13.9. The number of amides is 2. The molecule has 0 aliphatic carbocycles. The molecule has 5 N–H and O–H groups in total. The third-order valence-corrected chi connectivity index (χ3v) is 14.0. The topological polar surface area (TPSA) is 212 Å². The summed E-state index contributed by atoms with van der Waals surface area (Å²) in [5.41, 5.74) is 3.46. The monoisotopic (exact) mass is 995 g/mol. The third kappa shape index (κ3) is 12.1. The molecule has 0 unspecified atom stereocenters. The summed E-state index contributed by atoms with van der Waals surface area (Å²) in [6.07, 6.45) is 7.44. The van der Waals surface area contributed by atoms with Gasteiger partial charge in [-0.25, -0.2) is 13.4 Å². The minimum atomic E-state index is -4.44. The molecule has 1 atom stereocenters. The largest absolute Gasteiger partial charge is 0.494 e. The predicted octanol–water partition coefficient (Wildman–Crippen LogP) is 7.06. The van der Waals surface area contributed by atoms with Crippen molar-refractivity contribution in [3.63, 3.8) is 0 Å². The minimum absolute atomic E-state index is 0.104. The molecule has 0 aliphatic heterocycles. The summed E-state index contributed by atoms with van der Waals surface area (Å²) < 4.78 is 44.6. The number of ether oxygens (including phenoxy) is 2. The second kappa shape index (κ2) is 24.0. The summed E-state index contributed by atoms with van der Waals surface area (Å²) in [7, 11) is -2.75. The van der Waals surface area contributed by atoms with E-state index in [9.17, 15) is 32.7 Å². The number of carbonyl (C=O) groups excluding carboxylic acids is 2. The summed E-state index contributed by atoms with van der Waals surface area (Å²) in [5, 5.41) is 19.2. The van der Waals surface area contributed by atoms with Gasteiger partial charge in [0.1, 0.15) is 22.9 Å². The number of carbonyl (C=O) groups is 3. The number of aryl methyl sites for hydroxylation is 3. The van der Waals surface area contributed by atoms with Crippen molar-refractivity contribution in [1.82, 2.24) is 29.5 Å². The molecule has 2 aromatic heterocycles. The van der Waals surface area contributed by atoms with Gasteiger partial charge in [0.2, 0.25) is 27.3 Å². The van der Waals surface area contributed by atoms with E-state index in [0.717, 1.165) is 35.1 Å². The fourth-order valence-corrected chi connectivity index (χ4v) is 10.6. The first kappa shape index (κ1) is 52.2. The fourth-order valence-electron chi connectivity index (χ4n) is 8.93. The van der Waals surface area contributed by atoms with Crippen LogP contribution in [0.3, 0.4) is 0 Å². The number of aliphatic carboxylic acids is 1. The van der Waals surface area contributed by atoms with Gasteiger partial charge < -0.3 is 35.1 Å². The van der Waals surface area contributed by atoms with E-state index in [1.165, 1.54) is 18.3 Å². The lowest BCUT2D eigenvalue weighted by atomic mass is 9.76. The number of aromatic nitrogens is 3. The number of hydrogen-bond donors (Lipinski definition) is 5. The summed E-state index contributed by atoms with van der Waals surface area (Å²) in [6.45, 7) is 6.83. The van der Waals surface area contributed by atoms with Crippen molar-refractivity contribution >= 4 is 44.7 Å². The van der Waals surface area contributed by atoms with Crippen molar-refractivity contribution in [1.29, 1.82) is 0 Å². The highest BCUT2D eigenvalue weighted by Gasteiger charge is 2.40. The van der Waals surface area contributed by atoms with Crippen LogP contribution in [0.15, 0.2) is 150 Å². The summed E-state index contributed by atoms with van der Waals surface area (Å²) in [5.74, 6) is -1.52. The molecule has 0 fully saturated rings. The Labute approximate surface area is 419 Å². The quantitative estimate of drug-likeness (QED) is 0.0289. The second-order valence-corrected chi connectivity index (χ2v) is 19.1. The van der Waals surface area contributed by atoms with Gasteiger partial charge in [-0.2, -0.15) is 4.72 Å². The van der Waals surface area contributed by atoms with Crippen LogP contribution in [0.25, 0.3) is 10.9 Å². The van der Waals surface area contributed by atoms with Crippen molar-refractivity contribution in [2.24, 2.45) is 7.05 Å². The van der Waals surface area contributed by atoms with Gasteiger partial charge in [-0.05, 0) is 90.8 Å². The van der Waals surface area contributed by atoms with E-state index in [1.54, 1.807) is 43.8 Å². The summed E-state index contributed by atoms with van der Waals surface area (Å²) in [4.78, 5) is 56.6. The van der Waals surface area contributed by atoms with Crippen molar-refractivity contribution in [2.45, 2.75) is 69.5 Å². The van der Waals surface area contributed by atoms with Gasteiger partial charge in [0, 0.05) is 70.3 Å². The summed E-state index contributed by atoms with van der Waals surface area (Å²) in [6, 6.07) is 37.3. The van der Waals surface area contributed by atoms with E-state index in [2.05, 4.69) is 61.6 Å². The van der Waals surface area contributed by atoms with Crippen molar-refractivity contribution in [2.75, 3.05) is 38.2 Å². The van der Waals surface area contributed by atoms with Crippen molar-refractivity contribution in [3.8, 4) is 5.75 Å². The molecule has 16 nitrogen and oxygen atoms in total. The standard InChI is InChI=1S/C55H61N7O9S/c1-5-29-70-30-16-26-56-49(63)23-15-31-71-44-32-38(2)51(39(3)33-44)72(68,69)60-47(53(66)67)36-58-52(65)46-37-61(4)48-34-40(24-25-45(48)50(46)64)35-59-54-57-27-28-62(54)55(41-17-9-6-10-18-41,42-19-11-7-12-20-42)43-21-13-8-14-22-43/h6-14,17-22,24-25,27-28,32-34,37,47,60H,5,15-16,23,26,29-31,35-36H2,1-4H3,(H,56,63)(H,57,59)(H,58,65)(H,66,67)/t47-/m0/s1. The van der Waals surface area contributed by atoms with E-state index in [4.69, 9.17) is 14.5 Å². The van der Waals surface area contributed by atoms with Gasteiger partial charge in [0.25, 0.3) is 5.91 Å². The average Bonchev–Trinajstić information content (AvgIpc) is 3.85. The lowest BCUT2D eigenvalue weighted by Crippen LogP contribution is -2.49. The molecule has 0 radical (unpaired) electrons. The molecule has 0 saturated carbocycles. The van der Waals surface area contributed by atoms with E-state index in [1.807, 2.05) is 73.8 Å². The van der Waals surface area contributed by atoms with Gasteiger partial charge in [-0.1, -0.05) is 104 Å². The highest BCUT2D eigenvalue weighted by atomic mass is 32.2. The second-order valence-electron chi connectivity index (χ2n) is 17.5. The van der Waals surface area contributed by atoms with Crippen LogP contribution in [-0.4, -0.2) is 84.4 Å². The number of anilines is 1. The molecule has 0 saturated heterocycles. The number of nitrogens with zero attached hydrogens (tertiary/aromatic N) is 3. The van der Waals surface area contributed by atoms with Gasteiger partial charge in [-0.3, -0.25) is 23.7 Å². The maximum Gasteiger partial charge on any atom is 0.323 e. The van der Waals surface area contributed by atoms with Crippen molar-refractivity contribution < 1.29 is 37.4 Å². The first-order valence-corrected chi connectivity index (χ1v) is 25.4. The zero-order valence-electron chi connectivity index (χ0n) is 40.9. The van der Waals surface area contributed by atoms with E-state index in [0.29, 0.717) is 61.1 Å². The molecule has 2 heterocycles. The molecule has 7 aromatic rings. The Bertz CT molecular complexity index is 3040. The van der Waals surface area contributed by atoms with Crippen LogP contribution < -0.4 is 30.8 Å². The number of imidazole rings is 1. The van der Waals surface area contributed by atoms with Crippen LogP contribution in [0.4, 0.5) is 5.95 Å². The Hall–Kier alpha value is -7.60. The zero-order valence-corrected chi connectivity index (χ0v) is 41.7. The first-order valence-electron chi connectivity index (χ1n) is 23.9. The van der Waals surface area contributed by atoms with Gasteiger partial charge in [-0.15, -0.1) is 0 Å². The predicted molar refractivity (Wildman–Crippen MR) is 277 cm³/mol. The molecule has 0 aliphatic rings. The molecule has 2 amide bonds. The molecular weight excluding hydrogens is 935 g/mol. The molecule has 376 valence electrons. The summed E-state index contributed by atoms with van der Waals surface area (Å²) >= 11 is 0. The third-order valence-electron chi connectivity index (χ3n) is 12.2. The minimum Gasteiger partial charge on any atom is -0.494 e. The van der Waals surface area contributed by atoms with Crippen LogP contribution in [0, 0.1) is 13.8 Å². The number of benzene rings is 5. The van der Waals surface area contributed by atoms with E-state index < -0.39 is 45.5 Å². The van der Waals surface area contributed by atoms with E-state index >= 15 is 0 Å². The highest BCUT2D eigenvalue weighted by molar-refractivity contribution is 7.89. The first-order chi connectivity index (χ1) is 34.7. The maximum atomic E-state index is 13.9. The van der Waals surface area contributed by atoms with Crippen LogP contribution in [0.1, 0.15) is 76.3 Å². The average molecular weight is 996 g/mol. The number of carboxylic acids is 1. The number of nitrogens with one attached hydrogen (secondary N) is 4. The number of hydrogen-bond acceptors (Lipinski definition) is 10. The number of pyridine rings is 1. The van der Waals surface area contributed by atoms with Gasteiger partial charge >= 0.3 is 5.97 Å². The normalized spacial score (nSPS) is 12.1. The van der Waals surface area contributed by atoms with Crippen LogP contribution in [0.5, 0.6) is 5.75 Å². The Kier molecular flexibility index (Phi) is 17.4. The highest BCUT2D eigenvalue weighted by Crippen LogP contribution is 2.42. The molecule has 72 heavy (non-hydrogen) atoms. The molecule has 7 rings (SSSR count). The fraction of sp³-hybridized carbons (Fsp3) is 0.291. The Morgan fingerprint density at radius 3 is 2.03 bits per heavy atom. The smallest absolute Gasteiger partial charge is 0.323 e. The van der Waals surface area contributed by atoms with E-state index in [-0.39, 0.29) is 34.8 Å². The number of fused-ring (bicyclic) bond motifs is 1. The number of sulfonamides is 1. The number of rotatable bonds is 25. The zero-order chi connectivity index (χ0) is 51.3. The van der Waals surface area contributed by atoms with Gasteiger partial charge in [0.05, 0.1) is 17.0 Å². The lowest BCUT2D eigenvalue weighted by Gasteiger charge is -2.38. The number of carboxylic acid groups (broad SMARTS) is 1. The molecule has 5 aromatic carbocycles. The van der Waals surface area contributed by atoms with Crippen LogP contribution in [-0.2, 0) is 43.5 Å². The molecule has 0 spiro atoms. The van der Waals surface area contributed by atoms with Gasteiger partial charge in [0.15, 0.2) is 0 Å². The molecule has 0 bridgehead atoms. The molecule has 17 heteroatoms. The SMILES string of the molecule is CCCOCCCNC(=O)CCCOc1cc(C)c(S(=O)(=O)N[C@@H](CNC(=O)c2cn(C)c3cc(CNc4nccn4C(c4ccccc4)(c4ccccc4)c4ccccc4)ccc3c2=O)C(=O)O)c(C)c1. The molecular formula is C55H61N7O9S. The Morgan fingerprint density at radius 2 is 1.43 bits per heavy atom. The van der Waals surface area contributed by atoms with Crippen LogP contribution >= 0.6 is 0 Å². The van der Waals surface area contributed by atoms with Crippen molar-refractivity contribution in [3.05, 3.63) is 189 Å². The Morgan fingerprint density at radius 1 is 0.806 bits per heavy atom. The Balaban J connectivity index is 1.00. The lowest BCUT2D eigenvalue weighted by molar-refractivity contribution is -0.138.